The number of rotatable bonds is 9. The predicted octanol–water partition coefficient (Wildman–Crippen LogP) is 6.13. The summed E-state index contributed by atoms with van der Waals surface area (Å²) >= 11 is 0. The molecule has 1 aliphatic rings. The van der Waals surface area contributed by atoms with Gasteiger partial charge >= 0.3 is 5.97 Å². The van der Waals surface area contributed by atoms with Crippen molar-refractivity contribution in [3.05, 3.63) is 64.2 Å². The number of allylic oxidation sites excluding steroid dienone is 1. The third kappa shape index (κ3) is 5.44. The molecular weight excluding hydrogens is 376 g/mol. The van der Waals surface area contributed by atoms with E-state index in [1.165, 1.54) is 29.6 Å². The smallest absolute Gasteiger partial charge is 0.303 e. The second kappa shape index (κ2) is 10.3. The molecule has 0 amide bonds. The Morgan fingerprint density at radius 2 is 1.70 bits per heavy atom. The van der Waals surface area contributed by atoms with Crippen LogP contribution in [0.2, 0.25) is 0 Å². The van der Waals surface area contributed by atoms with Gasteiger partial charge in [0.2, 0.25) is 0 Å². The third-order valence-electron chi connectivity index (χ3n) is 5.96. The van der Waals surface area contributed by atoms with E-state index in [0.29, 0.717) is 19.6 Å². The van der Waals surface area contributed by atoms with Gasteiger partial charge < -0.3 is 14.6 Å². The van der Waals surface area contributed by atoms with Gasteiger partial charge in [-0.15, -0.1) is 0 Å². The summed E-state index contributed by atoms with van der Waals surface area (Å²) in [6, 6.07) is 12.4. The van der Waals surface area contributed by atoms with E-state index >= 15 is 0 Å². The van der Waals surface area contributed by atoms with Crippen molar-refractivity contribution in [2.75, 3.05) is 13.2 Å². The first-order valence-electron chi connectivity index (χ1n) is 10.9. The molecule has 0 aromatic heterocycles. The van der Waals surface area contributed by atoms with Crippen LogP contribution in [0.1, 0.15) is 61.3 Å². The molecule has 0 radical (unpaired) electrons. The molecule has 0 unspecified atom stereocenters. The summed E-state index contributed by atoms with van der Waals surface area (Å²) in [5.74, 6) is 1.03. The van der Waals surface area contributed by atoms with Crippen LogP contribution >= 0.6 is 0 Å². The normalized spacial score (nSPS) is 14.0. The first-order valence-corrected chi connectivity index (χ1v) is 10.9. The molecule has 0 fully saturated rings. The number of hydrogen-bond donors (Lipinski definition) is 1. The van der Waals surface area contributed by atoms with Crippen LogP contribution in [-0.4, -0.2) is 24.3 Å². The fourth-order valence-electron chi connectivity index (χ4n) is 4.08. The summed E-state index contributed by atoms with van der Waals surface area (Å²) in [7, 11) is 0. The third-order valence-corrected chi connectivity index (χ3v) is 5.96. The lowest BCUT2D eigenvalue weighted by molar-refractivity contribution is -0.136. The summed E-state index contributed by atoms with van der Waals surface area (Å²) in [6.07, 6.45) is 5.26. The zero-order chi connectivity index (χ0) is 21.5. The molecule has 0 saturated carbocycles. The van der Waals surface area contributed by atoms with Gasteiger partial charge in [-0.05, 0) is 104 Å². The van der Waals surface area contributed by atoms with Crippen LogP contribution in [0.3, 0.4) is 0 Å². The van der Waals surface area contributed by atoms with Crippen molar-refractivity contribution in [1.82, 2.24) is 0 Å². The standard InChI is InChI=1S/C26H32O4/c1-4-29-23-13-9-21(10-14-23)24-8-6-5-7-22(24)17-30-25-15-11-20(12-16-26(27)28)18(2)19(25)3/h9-11,13-15H,4-8,12,16-17H2,1-3H3,(H,27,28). The van der Waals surface area contributed by atoms with Crippen LogP contribution in [0.15, 0.2) is 42.0 Å². The molecule has 0 spiro atoms. The van der Waals surface area contributed by atoms with Crippen molar-refractivity contribution in [1.29, 1.82) is 0 Å². The largest absolute Gasteiger partial charge is 0.494 e. The van der Waals surface area contributed by atoms with E-state index in [4.69, 9.17) is 14.6 Å². The molecule has 2 aromatic carbocycles. The molecule has 4 heteroatoms. The molecule has 0 aliphatic heterocycles. The van der Waals surface area contributed by atoms with E-state index in [0.717, 1.165) is 41.0 Å². The lowest BCUT2D eigenvalue weighted by Crippen LogP contribution is -2.09. The van der Waals surface area contributed by atoms with E-state index < -0.39 is 5.97 Å². The highest BCUT2D eigenvalue weighted by molar-refractivity contribution is 5.70. The Labute approximate surface area is 179 Å². The summed E-state index contributed by atoms with van der Waals surface area (Å²) in [6.45, 7) is 7.36. The second-order valence-corrected chi connectivity index (χ2v) is 7.90. The Bertz CT molecular complexity index is 909. The van der Waals surface area contributed by atoms with Gasteiger partial charge in [0, 0.05) is 6.42 Å². The number of ether oxygens (including phenoxy) is 2. The molecule has 30 heavy (non-hydrogen) atoms. The van der Waals surface area contributed by atoms with E-state index in [2.05, 4.69) is 19.1 Å². The molecule has 4 nitrogen and oxygen atoms in total. The maximum atomic E-state index is 10.9. The summed E-state index contributed by atoms with van der Waals surface area (Å²) in [5.41, 5.74) is 7.33. The van der Waals surface area contributed by atoms with Crippen LogP contribution in [-0.2, 0) is 11.2 Å². The van der Waals surface area contributed by atoms with E-state index in [1.807, 2.05) is 38.1 Å². The van der Waals surface area contributed by atoms with Gasteiger partial charge in [0.15, 0.2) is 0 Å². The van der Waals surface area contributed by atoms with Crippen molar-refractivity contribution in [3.8, 4) is 11.5 Å². The topological polar surface area (TPSA) is 55.8 Å². The fourth-order valence-corrected chi connectivity index (χ4v) is 4.08. The number of benzene rings is 2. The highest BCUT2D eigenvalue weighted by Gasteiger charge is 2.16. The summed E-state index contributed by atoms with van der Waals surface area (Å²) in [5, 5.41) is 8.94. The lowest BCUT2D eigenvalue weighted by atomic mass is 9.87. The average Bonchev–Trinajstić information content (AvgIpc) is 2.75. The molecule has 0 heterocycles. The van der Waals surface area contributed by atoms with Crippen molar-refractivity contribution >= 4 is 11.5 Å². The molecule has 160 valence electrons. The zero-order valence-corrected chi connectivity index (χ0v) is 18.3. The Kier molecular flexibility index (Phi) is 7.56. The number of carboxylic acid groups (broad SMARTS) is 1. The van der Waals surface area contributed by atoms with Crippen molar-refractivity contribution in [3.63, 3.8) is 0 Å². The van der Waals surface area contributed by atoms with Gasteiger partial charge in [0.25, 0.3) is 0 Å². The lowest BCUT2D eigenvalue weighted by Gasteiger charge is -2.22. The van der Waals surface area contributed by atoms with Crippen molar-refractivity contribution in [2.24, 2.45) is 0 Å². The fraction of sp³-hybridized carbons (Fsp3) is 0.423. The first kappa shape index (κ1) is 21.9. The molecule has 0 saturated heterocycles. The van der Waals surface area contributed by atoms with Gasteiger partial charge in [0.05, 0.1) is 6.61 Å². The maximum absolute atomic E-state index is 10.9. The Hall–Kier alpha value is -2.75. The number of hydrogen-bond acceptors (Lipinski definition) is 3. The van der Waals surface area contributed by atoms with E-state index in [9.17, 15) is 4.79 Å². The van der Waals surface area contributed by atoms with Crippen LogP contribution in [0.25, 0.3) is 5.57 Å². The quantitative estimate of drug-likeness (QED) is 0.542. The van der Waals surface area contributed by atoms with Crippen molar-refractivity contribution < 1.29 is 19.4 Å². The van der Waals surface area contributed by atoms with Crippen LogP contribution in [0, 0.1) is 13.8 Å². The van der Waals surface area contributed by atoms with Crippen molar-refractivity contribution in [2.45, 2.75) is 59.3 Å². The van der Waals surface area contributed by atoms with E-state index in [1.54, 1.807) is 0 Å². The van der Waals surface area contributed by atoms with Gasteiger partial charge in [-0.1, -0.05) is 18.2 Å². The Morgan fingerprint density at radius 1 is 0.967 bits per heavy atom. The number of aliphatic carboxylic acids is 1. The monoisotopic (exact) mass is 408 g/mol. The number of carboxylic acids is 1. The molecule has 3 rings (SSSR count). The predicted molar refractivity (Wildman–Crippen MR) is 120 cm³/mol. The minimum Gasteiger partial charge on any atom is -0.494 e. The van der Waals surface area contributed by atoms with Gasteiger partial charge in [-0.2, -0.15) is 0 Å². The minimum absolute atomic E-state index is 0.152. The summed E-state index contributed by atoms with van der Waals surface area (Å²) in [4.78, 5) is 10.9. The zero-order valence-electron chi connectivity index (χ0n) is 18.3. The van der Waals surface area contributed by atoms with Gasteiger partial charge in [-0.3, -0.25) is 4.79 Å². The number of carbonyl (C=O) groups is 1. The second-order valence-electron chi connectivity index (χ2n) is 7.90. The molecule has 1 aliphatic carbocycles. The summed E-state index contributed by atoms with van der Waals surface area (Å²) < 4.78 is 11.8. The first-order chi connectivity index (χ1) is 14.5. The molecular formula is C26H32O4. The van der Waals surface area contributed by atoms with Gasteiger partial charge in [-0.25, -0.2) is 0 Å². The molecule has 2 aromatic rings. The SMILES string of the molecule is CCOc1ccc(C2=C(COc3ccc(CCC(=O)O)c(C)c3C)CCCC2)cc1. The van der Waals surface area contributed by atoms with Crippen LogP contribution < -0.4 is 9.47 Å². The Morgan fingerprint density at radius 3 is 2.40 bits per heavy atom. The minimum atomic E-state index is -0.765. The maximum Gasteiger partial charge on any atom is 0.303 e. The van der Waals surface area contributed by atoms with Gasteiger partial charge in [0.1, 0.15) is 18.1 Å². The van der Waals surface area contributed by atoms with E-state index in [-0.39, 0.29) is 6.42 Å². The molecule has 0 atom stereocenters. The highest BCUT2D eigenvalue weighted by atomic mass is 16.5. The average molecular weight is 409 g/mol. The van der Waals surface area contributed by atoms with Crippen LogP contribution in [0.5, 0.6) is 11.5 Å². The number of aryl methyl sites for hydroxylation is 1. The highest BCUT2D eigenvalue weighted by Crippen LogP contribution is 2.34. The van der Waals surface area contributed by atoms with Crippen LogP contribution in [0.4, 0.5) is 0 Å². The molecule has 0 bridgehead atoms. The Balaban J connectivity index is 1.75. The molecule has 1 N–H and O–H groups in total.